The van der Waals surface area contributed by atoms with Gasteiger partial charge < -0.3 is 15.6 Å². The summed E-state index contributed by atoms with van der Waals surface area (Å²) in [4.78, 5) is 28.8. The van der Waals surface area contributed by atoms with Crippen molar-refractivity contribution < 1.29 is 4.79 Å². The average Bonchev–Trinajstić information content (AvgIpc) is 3.37. The Bertz CT molecular complexity index is 1070. The standard InChI is InChI=1S/C19H18N6OS/c1-20-15-10-12(2-6-21-15)3-7-23-19(26)14-4-8-22-18-16(14)24-17(25-18)13-5-9-27-11-13/h2,4-6,8-11H,3,7H2,1H3,(H,20,21)(H,23,26)(H,22,24,25). The van der Waals surface area contributed by atoms with Gasteiger partial charge in [0, 0.05) is 36.9 Å². The number of fused-ring (bicyclic) bond motifs is 1. The number of pyridine rings is 2. The Hall–Kier alpha value is -3.26. The molecule has 0 atom stereocenters. The maximum Gasteiger partial charge on any atom is 0.253 e. The molecule has 136 valence electrons. The smallest absolute Gasteiger partial charge is 0.253 e. The first-order chi connectivity index (χ1) is 13.2. The summed E-state index contributed by atoms with van der Waals surface area (Å²) in [5, 5.41) is 9.97. The number of hydrogen-bond donors (Lipinski definition) is 3. The molecule has 0 aromatic carbocycles. The van der Waals surface area contributed by atoms with E-state index in [0.29, 0.717) is 23.3 Å². The van der Waals surface area contributed by atoms with Gasteiger partial charge in [-0.25, -0.2) is 15.0 Å². The molecular weight excluding hydrogens is 360 g/mol. The van der Waals surface area contributed by atoms with Gasteiger partial charge >= 0.3 is 0 Å². The quantitative estimate of drug-likeness (QED) is 0.479. The zero-order valence-electron chi connectivity index (χ0n) is 14.7. The number of thiophene rings is 1. The van der Waals surface area contributed by atoms with Gasteiger partial charge in [-0.2, -0.15) is 11.3 Å². The molecule has 3 N–H and O–H groups in total. The largest absolute Gasteiger partial charge is 0.373 e. The molecule has 0 aliphatic heterocycles. The van der Waals surface area contributed by atoms with Gasteiger partial charge in [0.1, 0.15) is 11.6 Å². The van der Waals surface area contributed by atoms with Crippen molar-refractivity contribution in [2.75, 3.05) is 18.9 Å². The Kier molecular flexibility index (Phi) is 4.80. The highest BCUT2D eigenvalue weighted by molar-refractivity contribution is 7.08. The highest BCUT2D eigenvalue weighted by Gasteiger charge is 2.15. The molecule has 0 aliphatic rings. The summed E-state index contributed by atoms with van der Waals surface area (Å²) in [5.41, 5.74) is 3.83. The first kappa shape index (κ1) is 17.2. The van der Waals surface area contributed by atoms with Crippen LogP contribution >= 0.6 is 11.3 Å². The van der Waals surface area contributed by atoms with Crippen LogP contribution in [0.15, 0.2) is 47.4 Å². The second kappa shape index (κ2) is 7.55. The first-order valence-electron chi connectivity index (χ1n) is 8.53. The zero-order valence-corrected chi connectivity index (χ0v) is 15.5. The van der Waals surface area contributed by atoms with E-state index >= 15 is 0 Å². The summed E-state index contributed by atoms with van der Waals surface area (Å²) in [6.07, 6.45) is 4.09. The second-order valence-corrected chi connectivity index (χ2v) is 6.74. The van der Waals surface area contributed by atoms with Crippen LogP contribution in [0.2, 0.25) is 0 Å². The monoisotopic (exact) mass is 378 g/mol. The number of anilines is 1. The van der Waals surface area contributed by atoms with Gasteiger partial charge in [0.25, 0.3) is 5.91 Å². The lowest BCUT2D eigenvalue weighted by molar-refractivity contribution is 0.0955. The SMILES string of the molecule is CNc1cc(CCNC(=O)c2ccnc3nc(-c4ccsc4)[nH]c23)ccn1. The molecule has 1 amide bonds. The number of rotatable bonds is 6. The van der Waals surface area contributed by atoms with E-state index in [4.69, 9.17) is 0 Å². The third-order valence-electron chi connectivity index (χ3n) is 4.21. The number of carbonyl (C=O) groups is 1. The van der Waals surface area contributed by atoms with E-state index in [1.807, 2.05) is 36.0 Å². The van der Waals surface area contributed by atoms with E-state index in [9.17, 15) is 4.79 Å². The fourth-order valence-corrected chi connectivity index (χ4v) is 3.46. The number of imidazole rings is 1. The fraction of sp³-hybridized carbons (Fsp3) is 0.158. The van der Waals surface area contributed by atoms with Crippen molar-refractivity contribution in [2.45, 2.75) is 6.42 Å². The molecule has 27 heavy (non-hydrogen) atoms. The number of aromatic nitrogens is 4. The Labute approximate surface area is 159 Å². The molecule has 0 bridgehead atoms. The second-order valence-electron chi connectivity index (χ2n) is 5.96. The Morgan fingerprint density at radius 2 is 2.11 bits per heavy atom. The van der Waals surface area contributed by atoms with Gasteiger partial charge in [-0.3, -0.25) is 4.79 Å². The third-order valence-corrected chi connectivity index (χ3v) is 4.89. The van der Waals surface area contributed by atoms with Gasteiger partial charge in [-0.05, 0) is 41.6 Å². The van der Waals surface area contributed by atoms with Crippen LogP contribution in [0.4, 0.5) is 5.82 Å². The molecular formula is C19H18N6OS. The fourth-order valence-electron chi connectivity index (χ4n) is 2.82. The van der Waals surface area contributed by atoms with Crippen molar-refractivity contribution in [3.63, 3.8) is 0 Å². The molecule has 0 unspecified atom stereocenters. The maximum absolute atomic E-state index is 12.7. The minimum absolute atomic E-state index is 0.147. The minimum Gasteiger partial charge on any atom is -0.373 e. The molecule has 0 radical (unpaired) electrons. The number of carbonyl (C=O) groups excluding carboxylic acids is 1. The number of H-pyrrole nitrogens is 1. The van der Waals surface area contributed by atoms with E-state index in [1.54, 1.807) is 29.8 Å². The van der Waals surface area contributed by atoms with Crippen molar-refractivity contribution in [3.05, 3.63) is 58.5 Å². The average molecular weight is 378 g/mol. The summed E-state index contributed by atoms with van der Waals surface area (Å²) in [6.45, 7) is 0.529. The minimum atomic E-state index is -0.147. The Morgan fingerprint density at radius 1 is 1.22 bits per heavy atom. The number of amides is 1. The summed E-state index contributed by atoms with van der Waals surface area (Å²) in [6, 6.07) is 7.60. The molecule has 0 fully saturated rings. The summed E-state index contributed by atoms with van der Waals surface area (Å²) >= 11 is 1.60. The molecule has 7 nitrogen and oxygen atoms in total. The lowest BCUT2D eigenvalue weighted by atomic mass is 10.2. The summed E-state index contributed by atoms with van der Waals surface area (Å²) < 4.78 is 0. The Balaban J connectivity index is 1.49. The van der Waals surface area contributed by atoms with Crippen LogP contribution in [-0.4, -0.2) is 39.4 Å². The molecule has 0 saturated heterocycles. The predicted octanol–water partition coefficient (Wildman–Crippen LogP) is 3.10. The molecule has 0 aliphatic carbocycles. The van der Waals surface area contributed by atoms with Gasteiger partial charge in [-0.15, -0.1) is 0 Å². The summed E-state index contributed by atoms with van der Waals surface area (Å²) in [7, 11) is 1.83. The lowest BCUT2D eigenvalue weighted by Crippen LogP contribution is -2.26. The highest BCUT2D eigenvalue weighted by atomic mass is 32.1. The van der Waals surface area contributed by atoms with E-state index in [1.165, 1.54) is 0 Å². The van der Waals surface area contributed by atoms with E-state index in [0.717, 1.165) is 29.2 Å². The number of nitrogens with one attached hydrogen (secondary N) is 3. The Morgan fingerprint density at radius 3 is 2.93 bits per heavy atom. The van der Waals surface area contributed by atoms with Gasteiger partial charge in [0.05, 0.1) is 11.1 Å². The van der Waals surface area contributed by atoms with Crippen molar-refractivity contribution in [2.24, 2.45) is 0 Å². The highest BCUT2D eigenvalue weighted by Crippen LogP contribution is 2.23. The van der Waals surface area contributed by atoms with Gasteiger partial charge in [0.15, 0.2) is 5.65 Å². The van der Waals surface area contributed by atoms with Gasteiger partial charge in [0.2, 0.25) is 0 Å². The van der Waals surface area contributed by atoms with Crippen LogP contribution in [0, 0.1) is 0 Å². The molecule has 8 heteroatoms. The zero-order chi connectivity index (χ0) is 18.6. The number of aromatic amines is 1. The molecule has 4 rings (SSSR count). The maximum atomic E-state index is 12.7. The lowest BCUT2D eigenvalue weighted by Gasteiger charge is -2.07. The van der Waals surface area contributed by atoms with Crippen LogP contribution in [0.5, 0.6) is 0 Å². The van der Waals surface area contributed by atoms with Crippen LogP contribution in [-0.2, 0) is 6.42 Å². The van der Waals surface area contributed by atoms with E-state index in [-0.39, 0.29) is 5.91 Å². The van der Waals surface area contributed by atoms with Crippen LogP contribution < -0.4 is 10.6 Å². The van der Waals surface area contributed by atoms with Crippen LogP contribution in [0.1, 0.15) is 15.9 Å². The van der Waals surface area contributed by atoms with Crippen LogP contribution in [0.25, 0.3) is 22.6 Å². The van der Waals surface area contributed by atoms with Crippen molar-refractivity contribution >= 4 is 34.2 Å². The van der Waals surface area contributed by atoms with Crippen molar-refractivity contribution in [1.29, 1.82) is 0 Å². The van der Waals surface area contributed by atoms with Crippen molar-refractivity contribution in [3.8, 4) is 11.4 Å². The molecule has 4 heterocycles. The predicted molar refractivity (Wildman–Crippen MR) is 107 cm³/mol. The van der Waals surface area contributed by atoms with E-state index in [2.05, 4.69) is 30.6 Å². The number of nitrogens with zero attached hydrogens (tertiary/aromatic N) is 3. The number of hydrogen-bond acceptors (Lipinski definition) is 6. The molecule has 4 aromatic rings. The van der Waals surface area contributed by atoms with E-state index < -0.39 is 0 Å². The topological polar surface area (TPSA) is 95.6 Å². The van der Waals surface area contributed by atoms with Gasteiger partial charge in [-0.1, -0.05) is 0 Å². The molecule has 0 spiro atoms. The molecule has 4 aromatic heterocycles. The normalized spacial score (nSPS) is 10.9. The summed E-state index contributed by atoms with van der Waals surface area (Å²) in [5.74, 6) is 1.38. The third kappa shape index (κ3) is 3.65. The van der Waals surface area contributed by atoms with Crippen molar-refractivity contribution in [1.82, 2.24) is 25.3 Å². The van der Waals surface area contributed by atoms with Crippen LogP contribution in [0.3, 0.4) is 0 Å². The molecule has 0 saturated carbocycles. The first-order valence-corrected chi connectivity index (χ1v) is 9.47.